The van der Waals surface area contributed by atoms with Crippen LogP contribution in [-0.2, 0) is 4.79 Å². The van der Waals surface area contributed by atoms with E-state index in [0.29, 0.717) is 12.3 Å². The van der Waals surface area contributed by atoms with Gasteiger partial charge in [-0.2, -0.15) is 0 Å². The second kappa shape index (κ2) is 7.16. The number of carboxylic acid groups (broad SMARTS) is 1. The van der Waals surface area contributed by atoms with Crippen LogP contribution in [0.5, 0.6) is 0 Å². The van der Waals surface area contributed by atoms with Crippen LogP contribution in [0.2, 0.25) is 0 Å². The third kappa shape index (κ3) is 4.58. The van der Waals surface area contributed by atoms with E-state index in [2.05, 4.69) is 24.5 Å². The lowest BCUT2D eigenvalue weighted by Crippen LogP contribution is -2.46. The van der Waals surface area contributed by atoms with E-state index in [9.17, 15) is 9.59 Å². The van der Waals surface area contributed by atoms with Crippen LogP contribution in [-0.4, -0.2) is 29.2 Å². The van der Waals surface area contributed by atoms with Crippen LogP contribution in [0.15, 0.2) is 12.2 Å². The third-order valence-electron chi connectivity index (χ3n) is 3.83. The van der Waals surface area contributed by atoms with Crippen LogP contribution < -0.4 is 10.6 Å². The summed E-state index contributed by atoms with van der Waals surface area (Å²) in [6, 6.07) is -0.286. The van der Waals surface area contributed by atoms with Gasteiger partial charge in [0.05, 0.1) is 12.0 Å². The minimum absolute atomic E-state index is 0.121. The first kappa shape index (κ1) is 15.5. The maximum Gasteiger partial charge on any atom is 0.315 e. The number of urea groups is 1. The molecule has 108 valence electrons. The second-order valence-electron chi connectivity index (χ2n) is 5.15. The molecule has 5 heteroatoms. The molecule has 1 aliphatic rings. The smallest absolute Gasteiger partial charge is 0.315 e. The molecule has 3 unspecified atom stereocenters. The zero-order valence-electron chi connectivity index (χ0n) is 11.8. The highest BCUT2D eigenvalue weighted by molar-refractivity contribution is 5.76. The molecule has 5 nitrogen and oxygen atoms in total. The number of amides is 2. The normalized spacial score (nSPS) is 23.4. The first-order valence-corrected chi connectivity index (χ1v) is 6.96. The van der Waals surface area contributed by atoms with Crippen molar-refractivity contribution in [2.75, 3.05) is 0 Å². The Bertz CT molecular complexity index is 351. The van der Waals surface area contributed by atoms with Gasteiger partial charge in [-0.3, -0.25) is 4.79 Å². The van der Waals surface area contributed by atoms with Crippen LogP contribution in [0.1, 0.15) is 40.0 Å². The van der Waals surface area contributed by atoms with Gasteiger partial charge in [0.1, 0.15) is 0 Å². The van der Waals surface area contributed by atoms with Gasteiger partial charge in [-0.05, 0) is 19.3 Å². The van der Waals surface area contributed by atoms with Gasteiger partial charge in [0.15, 0.2) is 0 Å². The van der Waals surface area contributed by atoms with Crippen molar-refractivity contribution in [1.29, 1.82) is 0 Å². The highest BCUT2D eigenvalue weighted by atomic mass is 16.4. The molecule has 2 amide bonds. The molecule has 0 aromatic rings. The highest BCUT2D eigenvalue weighted by Crippen LogP contribution is 2.18. The van der Waals surface area contributed by atoms with Gasteiger partial charge in [-0.1, -0.05) is 38.8 Å². The number of carbonyl (C=O) groups excluding carboxylic acids is 1. The van der Waals surface area contributed by atoms with Crippen LogP contribution in [0.25, 0.3) is 0 Å². The Kier molecular flexibility index (Phi) is 5.86. The molecule has 0 aromatic carbocycles. The molecule has 0 saturated heterocycles. The molecule has 0 aliphatic heterocycles. The summed E-state index contributed by atoms with van der Waals surface area (Å²) in [5.74, 6) is -0.857. The van der Waals surface area contributed by atoms with Crippen molar-refractivity contribution in [3.63, 3.8) is 0 Å². The van der Waals surface area contributed by atoms with E-state index >= 15 is 0 Å². The molecule has 0 spiro atoms. The third-order valence-corrected chi connectivity index (χ3v) is 3.83. The van der Waals surface area contributed by atoms with E-state index in [4.69, 9.17) is 5.11 Å². The van der Waals surface area contributed by atoms with E-state index in [1.54, 1.807) is 12.2 Å². The largest absolute Gasteiger partial charge is 0.481 e. The van der Waals surface area contributed by atoms with Crippen molar-refractivity contribution in [3.05, 3.63) is 12.2 Å². The van der Waals surface area contributed by atoms with E-state index in [-0.39, 0.29) is 18.1 Å². The van der Waals surface area contributed by atoms with Gasteiger partial charge in [-0.15, -0.1) is 0 Å². The summed E-state index contributed by atoms with van der Waals surface area (Å²) in [5.41, 5.74) is 0. The molecule has 3 N–H and O–H groups in total. The van der Waals surface area contributed by atoms with Crippen molar-refractivity contribution in [3.8, 4) is 0 Å². The van der Waals surface area contributed by atoms with E-state index < -0.39 is 11.9 Å². The minimum atomic E-state index is -0.841. The summed E-state index contributed by atoms with van der Waals surface area (Å²) in [4.78, 5) is 22.6. The Labute approximate surface area is 114 Å². The van der Waals surface area contributed by atoms with Crippen LogP contribution >= 0.6 is 0 Å². The van der Waals surface area contributed by atoms with Crippen LogP contribution in [0.4, 0.5) is 4.79 Å². The lowest BCUT2D eigenvalue weighted by atomic mass is 9.96. The highest BCUT2D eigenvalue weighted by Gasteiger charge is 2.26. The molecule has 3 atom stereocenters. The van der Waals surface area contributed by atoms with Crippen molar-refractivity contribution in [1.82, 2.24) is 10.6 Å². The lowest BCUT2D eigenvalue weighted by Gasteiger charge is -2.23. The van der Waals surface area contributed by atoms with Gasteiger partial charge in [0.25, 0.3) is 0 Å². The molecule has 0 saturated carbocycles. The second-order valence-corrected chi connectivity index (χ2v) is 5.15. The molecular weight excluding hydrogens is 244 g/mol. The predicted octanol–water partition coefficient (Wildman–Crippen LogP) is 2.14. The molecular formula is C14H24N2O3. The molecule has 0 fully saturated rings. The fourth-order valence-electron chi connectivity index (χ4n) is 2.52. The van der Waals surface area contributed by atoms with Crippen LogP contribution in [0.3, 0.4) is 0 Å². The fourth-order valence-corrected chi connectivity index (χ4v) is 2.52. The maximum absolute atomic E-state index is 11.8. The minimum Gasteiger partial charge on any atom is -0.481 e. The van der Waals surface area contributed by atoms with Gasteiger partial charge in [0, 0.05) is 6.04 Å². The first-order chi connectivity index (χ1) is 8.97. The molecule has 0 radical (unpaired) electrons. The molecule has 0 heterocycles. The summed E-state index contributed by atoms with van der Waals surface area (Å²) in [5, 5.41) is 14.6. The van der Waals surface area contributed by atoms with E-state index in [1.165, 1.54) is 0 Å². The predicted molar refractivity (Wildman–Crippen MR) is 73.9 cm³/mol. The number of carbonyl (C=O) groups is 2. The SMILES string of the molecule is CCC(CC)C(C)NC(=O)NC1C=CC(C(=O)O)C1. The lowest BCUT2D eigenvalue weighted by molar-refractivity contribution is -0.140. The first-order valence-electron chi connectivity index (χ1n) is 6.96. The average Bonchev–Trinajstić information content (AvgIpc) is 2.78. The zero-order valence-corrected chi connectivity index (χ0v) is 11.8. The molecule has 0 aromatic heterocycles. The number of nitrogens with one attached hydrogen (secondary N) is 2. The van der Waals surface area contributed by atoms with Gasteiger partial charge < -0.3 is 15.7 Å². The maximum atomic E-state index is 11.8. The van der Waals surface area contributed by atoms with Crippen molar-refractivity contribution < 1.29 is 14.7 Å². The Morgan fingerprint density at radius 1 is 1.32 bits per heavy atom. The summed E-state index contributed by atoms with van der Waals surface area (Å²) >= 11 is 0. The standard InChI is InChI=1S/C14H24N2O3/c1-4-10(5-2)9(3)15-14(19)16-12-7-6-11(8-12)13(17)18/h6-7,9-12H,4-5,8H2,1-3H3,(H,17,18)(H2,15,16,19). The molecule has 1 aliphatic carbocycles. The topological polar surface area (TPSA) is 78.4 Å². The Hall–Kier alpha value is -1.52. The van der Waals surface area contributed by atoms with Gasteiger partial charge >= 0.3 is 12.0 Å². The fraction of sp³-hybridized carbons (Fsp3) is 0.714. The summed E-state index contributed by atoms with van der Waals surface area (Å²) < 4.78 is 0. The van der Waals surface area contributed by atoms with Crippen LogP contribution in [0, 0.1) is 11.8 Å². The Morgan fingerprint density at radius 3 is 2.42 bits per heavy atom. The molecule has 19 heavy (non-hydrogen) atoms. The van der Waals surface area contributed by atoms with Gasteiger partial charge in [-0.25, -0.2) is 4.79 Å². The number of rotatable bonds is 6. The van der Waals surface area contributed by atoms with Crippen molar-refractivity contribution in [2.24, 2.45) is 11.8 Å². The Morgan fingerprint density at radius 2 is 1.95 bits per heavy atom. The zero-order chi connectivity index (χ0) is 14.4. The quantitative estimate of drug-likeness (QED) is 0.646. The van der Waals surface area contributed by atoms with Crippen molar-refractivity contribution in [2.45, 2.75) is 52.1 Å². The van der Waals surface area contributed by atoms with E-state index in [1.807, 2.05) is 6.92 Å². The Balaban J connectivity index is 2.37. The number of hydrogen-bond donors (Lipinski definition) is 3. The number of carboxylic acids is 1. The van der Waals surface area contributed by atoms with Crippen molar-refractivity contribution >= 4 is 12.0 Å². The molecule has 1 rings (SSSR count). The molecule has 0 bridgehead atoms. The number of aliphatic carboxylic acids is 1. The summed E-state index contributed by atoms with van der Waals surface area (Å²) in [7, 11) is 0. The number of hydrogen-bond acceptors (Lipinski definition) is 2. The summed E-state index contributed by atoms with van der Waals surface area (Å²) in [6.45, 7) is 6.23. The average molecular weight is 268 g/mol. The van der Waals surface area contributed by atoms with Gasteiger partial charge in [0.2, 0.25) is 0 Å². The summed E-state index contributed by atoms with van der Waals surface area (Å²) in [6.07, 6.45) is 5.88. The monoisotopic (exact) mass is 268 g/mol. The van der Waals surface area contributed by atoms with E-state index in [0.717, 1.165) is 12.8 Å².